The fraction of sp³-hybridized carbons (Fsp3) is 0.556. The first-order valence-electron chi connectivity index (χ1n) is 31.2. The van der Waals surface area contributed by atoms with E-state index in [0.717, 1.165) is 28.4 Å². The Hall–Kier alpha value is -8.68. The molecule has 2 aromatic rings. The van der Waals surface area contributed by atoms with Crippen LogP contribution in [0, 0.1) is 5.92 Å². The number of aliphatic hydroxyl groups excluding tert-OH is 6. The van der Waals surface area contributed by atoms with E-state index in [2.05, 4.69) is 47.9 Å². The van der Waals surface area contributed by atoms with Crippen molar-refractivity contribution in [2.45, 2.75) is 191 Å². The molecule has 13 atom stereocenters. The van der Waals surface area contributed by atoms with Gasteiger partial charge in [-0.25, -0.2) is 0 Å². The van der Waals surface area contributed by atoms with Crippen molar-refractivity contribution < 1.29 is 88.2 Å². The van der Waals surface area contributed by atoms with Crippen molar-refractivity contribution in [2.24, 2.45) is 11.7 Å². The monoisotopic (exact) mass is 1300 g/mol. The summed E-state index contributed by atoms with van der Waals surface area (Å²) in [7, 11) is 0. The van der Waals surface area contributed by atoms with Crippen LogP contribution in [0.2, 0.25) is 0 Å². The summed E-state index contributed by atoms with van der Waals surface area (Å²) >= 11 is 0. The summed E-state index contributed by atoms with van der Waals surface area (Å²) in [6.07, 6.45) is -7.88. The van der Waals surface area contributed by atoms with Gasteiger partial charge >= 0.3 is 0 Å². The second-order valence-corrected chi connectivity index (χ2v) is 23.8. The van der Waals surface area contributed by atoms with E-state index in [1.54, 1.807) is 74.5 Å². The summed E-state index contributed by atoms with van der Waals surface area (Å²) in [6.45, 7) is 5.50. The van der Waals surface area contributed by atoms with Crippen LogP contribution in [0.3, 0.4) is 0 Å². The lowest BCUT2D eigenvalue weighted by atomic mass is 9.94. The molecule has 3 saturated heterocycles. The van der Waals surface area contributed by atoms with E-state index < -0.39 is 200 Å². The molecular weight excluding hydrogens is 1210 g/mol. The maximum atomic E-state index is 14.9. The first kappa shape index (κ1) is 75.0. The van der Waals surface area contributed by atoms with Gasteiger partial charge < -0.3 is 94.0 Å². The molecule has 0 aromatic heterocycles. The maximum absolute atomic E-state index is 14.9. The van der Waals surface area contributed by atoms with Crippen LogP contribution >= 0.6 is 0 Å². The number of carbonyl (C=O) groups excluding carboxylic acids is 12. The minimum absolute atomic E-state index is 0.00627. The predicted octanol–water partition coefficient (Wildman–Crippen LogP) is -4.17. The van der Waals surface area contributed by atoms with Crippen LogP contribution < -0.4 is 53.6 Å². The summed E-state index contributed by atoms with van der Waals surface area (Å²) in [5.74, 6) is -12.3. The van der Waals surface area contributed by atoms with Crippen LogP contribution in [-0.2, 0) is 70.4 Å². The zero-order valence-corrected chi connectivity index (χ0v) is 52.9. The molecule has 30 heteroatoms. The predicted molar refractivity (Wildman–Crippen MR) is 333 cm³/mol. The van der Waals surface area contributed by atoms with Gasteiger partial charge in [0.2, 0.25) is 53.2 Å². The van der Waals surface area contributed by atoms with E-state index in [1.165, 1.54) is 19.9 Å². The third-order valence-electron chi connectivity index (χ3n) is 16.1. The highest BCUT2D eigenvalue weighted by molar-refractivity contribution is 6.04. The molecule has 93 heavy (non-hydrogen) atoms. The number of fused-ring (bicyclic) bond motifs is 2. The number of benzene rings is 2. The van der Waals surface area contributed by atoms with Crippen molar-refractivity contribution in [1.82, 2.24) is 57.7 Å². The van der Waals surface area contributed by atoms with Gasteiger partial charge in [-0.2, -0.15) is 0 Å². The Morgan fingerprint density at radius 3 is 1.70 bits per heavy atom. The number of nitrogens with zero attached hydrogens (tertiary/aromatic N) is 2. The lowest BCUT2D eigenvalue weighted by Crippen LogP contribution is -2.61. The number of allylic oxidation sites excluding steroid dienone is 2. The van der Waals surface area contributed by atoms with Crippen molar-refractivity contribution >= 4 is 70.9 Å². The van der Waals surface area contributed by atoms with Crippen LogP contribution in [0.1, 0.15) is 110 Å². The number of aryl methyl sites for hydroxylation is 1. The second kappa shape index (κ2) is 36.5. The van der Waals surface area contributed by atoms with Crippen molar-refractivity contribution in [2.75, 3.05) is 26.2 Å². The van der Waals surface area contributed by atoms with E-state index in [0.29, 0.717) is 12.0 Å². The molecular formula is C63H90N12O18. The summed E-state index contributed by atoms with van der Waals surface area (Å²) in [5.41, 5.74) is 5.73. The molecule has 3 aliphatic rings. The normalized spacial score (nSPS) is 26.6. The van der Waals surface area contributed by atoms with E-state index >= 15 is 0 Å². The van der Waals surface area contributed by atoms with E-state index in [1.807, 2.05) is 0 Å². The molecule has 17 N–H and O–H groups in total. The fourth-order valence-corrected chi connectivity index (χ4v) is 11.1. The maximum Gasteiger partial charge on any atom is 0.268 e. The highest BCUT2D eigenvalue weighted by Crippen LogP contribution is 2.23. The summed E-state index contributed by atoms with van der Waals surface area (Å²) in [4.78, 5) is 170. The molecule has 0 aliphatic carbocycles. The van der Waals surface area contributed by atoms with Crippen molar-refractivity contribution in [3.63, 3.8) is 0 Å². The molecule has 4 unspecified atom stereocenters. The van der Waals surface area contributed by atoms with Crippen molar-refractivity contribution in [1.29, 1.82) is 0 Å². The number of nitrogens with one attached hydrogen (secondary N) is 9. The van der Waals surface area contributed by atoms with Crippen LogP contribution in [0.25, 0.3) is 0 Å². The number of aliphatic hydroxyl groups is 6. The molecule has 3 aliphatic heterocycles. The Morgan fingerprint density at radius 1 is 0.602 bits per heavy atom. The smallest absolute Gasteiger partial charge is 0.268 e. The molecule has 0 saturated carbocycles. The van der Waals surface area contributed by atoms with E-state index in [-0.39, 0.29) is 64.0 Å². The molecule has 3 heterocycles. The molecule has 0 radical (unpaired) electrons. The van der Waals surface area contributed by atoms with Crippen LogP contribution in [0.5, 0.6) is 0 Å². The standard InChI is InChI=1S/C63H90N12O18/c1-6-39-55(85)72-45(33-76)58(88)67-40(7-2)56(86)73-52(35(5)77)61(91)69-42(23-22-36-16-10-8-11-17-36)63(93)75-27-15-21-47(75)60(90)70-43(30-38(78)31-49(80)48(79)28-34(3)4)53(83)62(92)68-41(24-25-50(64)81)54(84)65-32-51(82)74-26-14-20-46(74)59(89)71-44(57(87)66-39)29-37-18-12-9-13-19-37/h6-13,16-19,34-35,38,41-49,52-53,76-80,83H,14-15,20-33H2,1-5H3,(H2,64,81)(H,65,84)(H,66,87)(H,67,88)(H,68,92)(H,69,91)(H,70,90)(H,71,89)(H,72,85)(H,73,86)/b39-6-,40-7+/t35-,38?,41-,42-,43-,44+,45+,46+,47+,48?,49?,52+,53?/m1/s1. The van der Waals surface area contributed by atoms with Gasteiger partial charge in [-0.05, 0) is 95.6 Å². The highest BCUT2D eigenvalue weighted by Gasteiger charge is 2.43. The third kappa shape index (κ3) is 22.5. The lowest BCUT2D eigenvalue weighted by Gasteiger charge is -2.33. The number of rotatable bonds is 17. The lowest BCUT2D eigenvalue weighted by molar-refractivity contribution is -0.143. The Balaban J connectivity index is 1.55. The number of nitrogens with two attached hydrogens (primary N) is 1. The summed E-state index contributed by atoms with van der Waals surface area (Å²) < 4.78 is 0. The number of amides is 12. The SMILES string of the molecule is C/C=C1\NC(=O)[C@H](Cc2ccccc2)NC(=O)[C@@H]2CCCN2C(=O)CNC(=O)[C@@H](CCC(N)=O)NC(=O)C(O)[C@@H](CC(O)CC(O)C(O)CC(C)C)NC(=O)[C@@H]2CCCN2C(=O)[C@@H](CCc2ccccc2)NC(=O)[C@H]([C@@H](C)O)NC(=O)/C(=C\C)NC(=O)[C@H](CO)NC1=O. The molecule has 5 rings (SSSR count). The summed E-state index contributed by atoms with van der Waals surface area (Å²) in [6, 6.07) is 4.50. The Kier molecular flexibility index (Phi) is 29.5. The van der Waals surface area contributed by atoms with Gasteiger partial charge in [-0.1, -0.05) is 86.7 Å². The van der Waals surface area contributed by atoms with Crippen LogP contribution in [-0.4, -0.2) is 216 Å². The molecule has 510 valence electrons. The minimum Gasteiger partial charge on any atom is -0.394 e. The van der Waals surface area contributed by atoms with E-state index in [4.69, 9.17) is 5.73 Å². The minimum atomic E-state index is -2.35. The van der Waals surface area contributed by atoms with Gasteiger partial charge in [0.1, 0.15) is 53.7 Å². The highest BCUT2D eigenvalue weighted by atomic mass is 16.3. The average Bonchev–Trinajstić information content (AvgIpc) is 1.80. The van der Waals surface area contributed by atoms with E-state index in [9.17, 15) is 88.2 Å². The molecule has 0 spiro atoms. The Labute approximate surface area is 538 Å². The van der Waals surface area contributed by atoms with Gasteiger partial charge in [0, 0.05) is 32.4 Å². The molecule has 3 fully saturated rings. The molecule has 2 aromatic carbocycles. The number of carbonyl (C=O) groups is 12. The Bertz CT molecular complexity index is 3020. The first-order chi connectivity index (χ1) is 44.2. The van der Waals surface area contributed by atoms with Gasteiger partial charge in [-0.3, -0.25) is 57.5 Å². The molecule has 30 nitrogen and oxygen atoms in total. The Morgan fingerprint density at radius 2 is 1.13 bits per heavy atom. The fourth-order valence-electron chi connectivity index (χ4n) is 11.1. The van der Waals surface area contributed by atoms with Crippen LogP contribution in [0.15, 0.2) is 84.2 Å². The molecule has 0 bridgehead atoms. The van der Waals surface area contributed by atoms with Gasteiger partial charge in [0.25, 0.3) is 17.7 Å². The number of primary amides is 1. The van der Waals surface area contributed by atoms with Crippen LogP contribution in [0.4, 0.5) is 0 Å². The largest absolute Gasteiger partial charge is 0.394 e. The average molecular weight is 1300 g/mol. The topological polar surface area (TPSA) is 467 Å². The van der Waals surface area contributed by atoms with Gasteiger partial charge in [0.05, 0.1) is 43.6 Å². The molecule has 12 amide bonds. The zero-order chi connectivity index (χ0) is 68.6. The van der Waals surface area contributed by atoms with Crippen molar-refractivity contribution in [3.05, 3.63) is 95.3 Å². The van der Waals surface area contributed by atoms with Crippen molar-refractivity contribution in [3.8, 4) is 0 Å². The number of hydrogen-bond acceptors (Lipinski definition) is 18. The number of hydrogen-bond donors (Lipinski definition) is 16. The second-order valence-electron chi connectivity index (χ2n) is 23.8. The van der Waals surface area contributed by atoms with Gasteiger partial charge in [-0.15, -0.1) is 0 Å². The quantitative estimate of drug-likeness (QED) is 0.0668. The first-order valence-corrected chi connectivity index (χ1v) is 31.2. The third-order valence-corrected chi connectivity index (χ3v) is 16.1. The summed E-state index contributed by atoms with van der Waals surface area (Å²) in [5, 5.41) is 88.0. The zero-order valence-electron chi connectivity index (χ0n) is 52.9. The van der Waals surface area contributed by atoms with Gasteiger partial charge in [0.15, 0.2) is 6.10 Å².